The second kappa shape index (κ2) is 5.36. The number of fused-ring (bicyclic) bond motifs is 1. The van der Waals surface area contributed by atoms with Crippen LogP contribution in [-0.2, 0) is 0 Å². The molecule has 0 bridgehead atoms. The molecule has 0 saturated carbocycles. The minimum absolute atomic E-state index is 0.0966. The summed E-state index contributed by atoms with van der Waals surface area (Å²) in [4.78, 5) is 13.9. The standard InChI is InChI=1S/C15H17FN2O/c1-10(17)9-18(2)15(19)13-7-8-14(16)12-6-4-3-5-11(12)13/h3-8,10H,9,17H2,1-2H3. The van der Waals surface area contributed by atoms with Gasteiger partial charge in [-0.2, -0.15) is 0 Å². The highest BCUT2D eigenvalue weighted by atomic mass is 19.1. The summed E-state index contributed by atoms with van der Waals surface area (Å²) in [5.74, 6) is -0.463. The van der Waals surface area contributed by atoms with E-state index in [4.69, 9.17) is 5.73 Å². The van der Waals surface area contributed by atoms with Crippen molar-refractivity contribution in [3.63, 3.8) is 0 Å². The van der Waals surface area contributed by atoms with Crippen LogP contribution in [-0.4, -0.2) is 30.4 Å². The zero-order valence-corrected chi connectivity index (χ0v) is 11.1. The van der Waals surface area contributed by atoms with Crippen LogP contribution < -0.4 is 5.73 Å². The zero-order chi connectivity index (χ0) is 14.0. The predicted octanol–water partition coefficient (Wildman–Crippen LogP) is 2.40. The first-order valence-electron chi connectivity index (χ1n) is 6.19. The lowest BCUT2D eigenvalue weighted by molar-refractivity contribution is 0.0790. The Balaban J connectivity index is 2.46. The Hall–Kier alpha value is -1.94. The molecule has 1 amide bonds. The summed E-state index contributed by atoms with van der Waals surface area (Å²) in [7, 11) is 1.70. The number of carbonyl (C=O) groups is 1. The van der Waals surface area contributed by atoms with Gasteiger partial charge in [0.2, 0.25) is 0 Å². The number of hydrogen-bond acceptors (Lipinski definition) is 2. The van der Waals surface area contributed by atoms with Gasteiger partial charge in [0.15, 0.2) is 0 Å². The van der Waals surface area contributed by atoms with Crippen molar-refractivity contribution in [1.82, 2.24) is 4.90 Å². The Morgan fingerprint density at radius 1 is 1.26 bits per heavy atom. The van der Waals surface area contributed by atoms with Crippen LogP contribution in [0.4, 0.5) is 4.39 Å². The highest BCUT2D eigenvalue weighted by Gasteiger charge is 2.16. The van der Waals surface area contributed by atoms with Crippen molar-refractivity contribution in [1.29, 1.82) is 0 Å². The Kier molecular flexibility index (Phi) is 3.81. The molecule has 0 aromatic heterocycles. The van der Waals surface area contributed by atoms with Crippen LogP contribution in [0.1, 0.15) is 17.3 Å². The Morgan fingerprint density at radius 2 is 1.89 bits per heavy atom. The van der Waals surface area contributed by atoms with Gasteiger partial charge in [-0.3, -0.25) is 4.79 Å². The summed E-state index contributed by atoms with van der Waals surface area (Å²) in [6, 6.07) is 9.74. The Bertz CT molecular complexity index is 610. The van der Waals surface area contributed by atoms with Crippen LogP contribution in [0, 0.1) is 5.82 Å². The number of carbonyl (C=O) groups excluding carboxylic acids is 1. The fourth-order valence-corrected chi connectivity index (χ4v) is 2.17. The number of rotatable bonds is 3. The first kappa shape index (κ1) is 13.5. The van der Waals surface area contributed by atoms with Crippen molar-refractivity contribution in [3.05, 3.63) is 47.8 Å². The number of hydrogen-bond donors (Lipinski definition) is 1. The van der Waals surface area contributed by atoms with Crippen LogP contribution in [0.2, 0.25) is 0 Å². The molecule has 2 rings (SSSR count). The van der Waals surface area contributed by atoms with Crippen LogP contribution in [0.3, 0.4) is 0 Å². The molecule has 0 saturated heterocycles. The smallest absolute Gasteiger partial charge is 0.254 e. The summed E-state index contributed by atoms with van der Waals surface area (Å²) in [5, 5.41) is 1.09. The van der Waals surface area contributed by atoms with E-state index in [0.717, 1.165) is 0 Å². The van der Waals surface area contributed by atoms with Crippen LogP contribution in [0.15, 0.2) is 36.4 Å². The van der Waals surface area contributed by atoms with Gasteiger partial charge < -0.3 is 10.6 Å². The highest BCUT2D eigenvalue weighted by molar-refractivity contribution is 6.07. The van der Waals surface area contributed by atoms with Crippen LogP contribution >= 0.6 is 0 Å². The summed E-state index contributed by atoms with van der Waals surface area (Å²) >= 11 is 0. The monoisotopic (exact) mass is 260 g/mol. The number of amides is 1. The lowest BCUT2D eigenvalue weighted by Crippen LogP contribution is -2.37. The number of halogens is 1. The van der Waals surface area contributed by atoms with Crippen molar-refractivity contribution in [2.24, 2.45) is 5.73 Å². The normalized spacial score (nSPS) is 12.4. The zero-order valence-electron chi connectivity index (χ0n) is 11.1. The molecule has 0 aliphatic rings. The molecule has 0 radical (unpaired) electrons. The predicted molar refractivity (Wildman–Crippen MR) is 74.5 cm³/mol. The van der Waals surface area contributed by atoms with Crippen molar-refractivity contribution in [2.75, 3.05) is 13.6 Å². The summed E-state index contributed by atoms with van der Waals surface area (Å²) in [5.41, 5.74) is 6.19. The minimum Gasteiger partial charge on any atom is -0.340 e. The SMILES string of the molecule is CC(N)CN(C)C(=O)c1ccc(F)c2ccccc12. The van der Waals surface area contributed by atoms with Gasteiger partial charge in [0.1, 0.15) is 5.82 Å². The maximum atomic E-state index is 13.7. The molecular weight excluding hydrogens is 243 g/mol. The van der Waals surface area contributed by atoms with E-state index < -0.39 is 0 Å². The fraction of sp³-hybridized carbons (Fsp3) is 0.267. The number of nitrogens with zero attached hydrogens (tertiary/aromatic N) is 1. The molecule has 0 spiro atoms. The first-order valence-corrected chi connectivity index (χ1v) is 6.19. The second-order valence-electron chi connectivity index (χ2n) is 4.80. The van der Waals surface area contributed by atoms with Crippen molar-refractivity contribution in [3.8, 4) is 0 Å². The molecule has 100 valence electrons. The van der Waals surface area contributed by atoms with Crippen molar-refractivity contribution in [2.45, 2.75) is 13.0 Å². The molecule has 1 atom stereocenters. The average molecular weight is 260 g/mol. The summed E-state index contributed by atoms with van der Waals surface area (Å²) in [6.07, 6.45) is 0. The fourth-order valence-electron chi connectivity index (χ4n) is 2.17. The highest BCUT2D eigenvalue weighted by Crippen LogP contribution is 2.22. The number of benzene rings is 2. The van der Waals surface area contributed by atoms with E-state index in [1.54, 1.807) is 36.2 Å². The van der Waals surface area contributed by atoms with Gasteiger partial charge in [0, 0.05) is 30.6 Å². The molecule has 2 aromatic carbocycles. The first-order chi connectivity index (χ1) is 9.00. The molecule has 0 aliphatic carbocycles. The summed E-state index contributed by atoms with van der Waals surface area (Å²) in [6.45, 7) is 2.30. The largest absolute Gasteiger partial charge is 0.340 e. The molecule has 0 aliphatic heterocycles. The van der Waals surface area contributed by atoms with Crippen LogP contribution in [0.5, 0.6) is 0 Å². The quantitative estimate of drug-likeness (QED) is 0.921. The van der Waals surface area contributed by atoms with Gasteiger partial charge in [0.05, 0.1) is 0 Å². The van der Waals surface area contributed by atoms with Gasteiger partial charge in [-0.25, -0.2) is 4.39 Å². The minimum atomic E-state index is -0.318. The third-order valence-corrected chi connectivity index (χ3v) is 3.01. The topological polar surface area (TPSA) is 46.3 Å². The van der Waals surface area contributed by atoms with Gasteiger partial charge in [-0.1, -0.05) is 24.3 Å². The third kappa shape index (κ3) is 2.74. The molecule has 19 heavy (non-hydrogen) atoms. The summed E-state index contributed by atoms with van der Waals surface area (Å²) < 4.78 is 13.7. The molecule has 2 aromatic rings. The van der Waals surface area contributed by atoms with E-state index in [1.165, 1.54) is 12.1 Å². The van der Waals surface area contributed by atoms with E-state index in [2.05, 4.69) is 0 Å². The average Bonchev–Trinajstić information content (AvgIpc) is 2.38. The van der Waals surface area contributed by atoms with Gasteiger partial charge in [0.25, 0.3) is 5.91 Å². The Morgan fingerprint density at radius 3 is 2.53 bits per heavy atom. The van der Waals surface area contributed by atoms with E-state index >= 15 is 0 Å². The third-order valence-electron chi connectivity index (χ3n) is 3.01. The second-order valence-corrected chi connectivity index (χ2v) is 4.80. The van der Waals surface area contributed by atoms with E-state index in [1.807, 2.05) is 6.92 Å². The van der Waals surface area contributed by atoms with E-state index in [9.17, 15) is 9.18 Å². The molecule has 0 heterocycles. The molecule has 2 N–H and O–H groups in total. The maximum absolute atomic E-state index is 13.7. The lowest BCUT2D eigenvalue weighted by atomic mass is 10.0. The maximum Gasteiger partial charge on any atom is 0.254 e. The van der Waals surface area contributed by atoms with Crippen molar-refractivity contribution < 1.29 is 9.18 Å². The Labute approximate surface area is 111 Å². The van der Waals surface area contributed by atoms with Gasteiger partial charge in [-0.15, -0.1) is 0 Å². The molecule has 1 unspecified atom stereocenters. The molecular formula is C15H17FN2O. The van der Waals surface area contributed by atoms with Crippen molar-refractivity contribution >= 4 is 16.7 Å². The van der Waals surface area contributed by atoms with E-state index in [0.29, 0.717) is 22.9 Å². The van der Waals surface area contributed by atoms with Gasteiger partial charge in [-0.05, 0) is 24.4 Å². The number of likely N-dealkylation sites (N-methyl/N-ethyl adjacent to an activating group) is 1. The lowest BCUT2D eigenvalue weighted by Gasteiger charge is -2.20. The van der Waals surface area contributed by atoms with E-state index in [-0.39, 0.29) is 17.8 Å². The number of nitrogens with two attached hydrogens (primary N) is 1. The molecule has 0 fully saturated rings. The molecule has 4 heteroatoms. The van der Waals surface area contributed by atoms with Crippen LogP contribution in [0.25, 0.3) is 10.8 Å². The molecule has 3 nitrogen and oxygen atoms in total. The van der Waals surface area contributed by atoms with Gasteiger partial charge >= 0.3 is 0 Å².